The summed E-state index contributed by atoms with van der Waals surface area (Å²) in [4.78, 5) is 16.0. The van der Waals surface area contributed by atoms with Crippen LogP contribution in [0, 0.1) is 0 Å². The van der Waals surface area contributed by atoms with Crippen molar-refractivity contribution >= 4 is 28.8 Å². The molecule has 6 nitrogen and oxygen atoms in total. The van der Waals surface area contributed by atoms with Crippen molar-refractivity contribution in [1.29, 1.82) is 0 Å². The molecule has 1 aromatic carbocycles. The maximum atomic E-state index is 12.1. The highest BCUT2D eigenvalue weighted by Crippen LogP contribution is 2.25. The molecule has 0 radical (unpaired) electrons. The normalized spacial score (nSPS) is 9.90. The summed E-state index contributed by atoms with van der Waals surface area (Å²) in [5.74, 6) is -0.231. The second-order valence-corrected chi connectivity index (χ2v) is 4.62. The lowest BCUT2D eigenvalue weighted by Gasteiger charge is -2.12. The van der Waals surface area contributed by atoms with Crippen molar-refractivity contribution in [2.75, 3.05) is 11.9 Å². The van der Waals surface area contributed by atoms with Gasteiger partial charge in [-0.3, -0.25) is 9.78 Å². The van der Waals surface area contributed by atoms with E-state index in [9.17, 15) is 9.90 Å². The van der Waals surface area contributed by atoms with Gasteiger partial charge in [0.1, 0.15) is 23.1 Å². The van der Waals surface area contributed by atoms with Crippen molar-refractivity contribution in [2.45, 2.75) is 0 Å². The largest absolute Gasteiger partial charge is 0.505 e. The number of nitrogens with two attached hydrogens (primary N) is 1. The number of para-hydroxylation sites is 2. The first kappa shape index (κ1) is 14.7. The molecule has 0 atom stereocenters. The minimum atomic E-state index is -0.471. The van der Waals surface area contributed by atoms with E-state index in [-0.39, 0.29) is 22.9 Å². The predicted octanol–water partition coefficient (Wildman–Crippen LogP) is 1.70. The smallest absolute Gasteiger partial charge is 0.259 e. The van der Waals surface area contributed by atoms with Gasteiger partial charge in [-0.15, -0.1) is 0 Å². The van der Waals surface area contributed by atoms with Crippen LogP contribution in [0.4, 0.5) is 5.69 Å². The molecular formula is C14H13N3O3S. The molecule has 7 heteroatoms. The van der Waals surface area contributed by atoms with E-state index in [2.05, 4.69) is 10.3 Å². The van der Waals surface area contributed by atoms with Crippen LogP contribution in [0.3, 0.4) is 0 Å². The second kappa shape index (κ2) is 6.67. The van der Waals surface area contributed by atoms with Gasteiger partial charge >= 0.3 is 0 Å². The van der Waals surface area contributed by atoms with Gasteiger partial charge in [-0.1, -0.05) is 24.4 Å². The summed E-state index contributed by atoms with van der Waals surface area (Å²) in [5.41, 5.74) is 5.95. The number of anilines is 1. The Morgan fingerprint density at radius 2 is 2.14 bits per heavy atom. The van der Waals surface area contributed by atoms with E-state index in [1.807, 2.05) is 0 Å². The number of nitrogens with zero attached hydrogens (tertiary/aromatic N) is 1. The molecule has 21 heavy (non-hydrogen) atoms. The Morgan fingerprint density at radius 3 is 2.86 bits per heavy atom. The molecule has 0 saturated carbocycles. The van der Waals surface area contributed by atoms with Crippen LogP contribution in [0.5, 0.6) is 11.5 Å². The lowest BCUT2D eigenvalue weighted by Crippen LogP contribution is -2.19. The van der Waals surface area contributed by atoms with Crippen LogP contribution in [-0.2, 0) is 0 Å². The number of hydrogen-bond acceptors (Lipinski definition) is 5. The minimum Gasteiger partial charge on any atom is -0.505 e. The van der Waals surface area contributed by atoms with Gasteiger partial charge in [-0.05, 0) is 18.2 Å². The second-order valence-electron chi connectivity index (χ2n) is 4.10. The molecule has 0 aliphatic carbocycles. The van der Waals surface area contributed by atoms with E-state index in [1.165, 1.54) is 18.5 Å². The first-order valence-corrected chi connectivity index (χ1v) is 6.43. The summed E-state index contributed by atoms with van der Waals surface area (Å²) in [6, 6.07) is 8.28. The number of hydrogen-bond donors (Lipinski definition) is 3. The van der Waals surface area contributed by atoms with E-state index >= 15 is 0 Å². The van der Waals surface area contributed by atoms with E-state index in [0.29, 0.717) is 11.4 Å². The number of carbonyl (C=O) groups is 1. The van der Waals surface area contributed by atoms with Gasteiger partial charge in [0.25, 0.3) is 5.91 Å². The zero-order valence-electron chi connectivity index (χ0n) is 10.9. The van der Waals surface area contributed by atoms with Crippen LogP contribution >= 0.6 is 12.2 Å². The summed E-state index contributed by atoms with van der Waals surface area (Å²) in [5, 5.41) is 12.3. The fourth-order valence-electron chi connectivity index (χ4n) is 1.61. The molecule has 0 aliphatic rings. The van der Waals surface area contributed by atoms with E-state index in [0.717, 1.165) is 0 Å². The summed E-state index contributed by atoms with van der Waals surface area (Å²) in [6.45, 7) is 0.0721. The van der Waals surface area contributed by atoms with Crippen LogP contribution in [0.2, 0.25) is 0 Å². The number of thiocarbonyl (C=S) groups is 1. The van der Waals surface area contributed by atoms with Gasteiger partial charge in [0.2, 0.25) is 0 Å². The first-order chi connectivity index (χ1) is 10.1. The molecule has 1 aromatic heterocycles. The number of benzene rings is 1. The Labute approximate surface area is 126 Å². The number of nitrogens with one attached hydrogen (secondary N) is 1. The Balaban J connectivity index is 2.18. The van der Waals surface area contributed by atoms with Gasteiger partial charge in [-0.2, -0.15) is 0 Å². The lowest BCUT2D eigenvalue weighted by molar-refractivity contribution is 0.102. The zero-order chi connectivity index (χ0) is 15.2. The van der Waals surface area contributed by atoms with Crippen molar-refractivity contribution in [3.05, 3.63) is 48.3 Å². The summed E-state index contributed by atoms with van der Waals surface area (Å²) >= 11 is 4.74. The zero-order valence-corrected chi connectivity index (χ0v) is 11.8. The maximum Gasteiger partial charge on any atom is 0.259 e. The molecule has 1 heterocycles. The van der Waals surface area contributed by atoms with Gasteiger partial charge in [-0.25, -0.2) is 0 Å². The fourth-order valence-corrected chi connectivity index (χ4v) is 1.67. The molecular weight excluding hydrogens is 290 g/mol. The third-order valence-corrected chi connectivity index (χ3v) is 2.67. The Bertz CT molecular complexity index is 676. The Kier molecular flexibility index (Phi) is 4.68. The summed E-state index contributed by atoms with van der Waals surface area (Å²) in [7, 11) is 0. The molecule has 0 aliphatic heterocycles. The van der Waals surface area contributed by atoms with Gasteiger partial charge < -0.3 is 20.9 Å². The van der Waals surface area contributed by atoms with Crippen molar-refractivity contribution in [1.82, 2.24) is 4.98 Å². The SMILES string of the molecule is NC(=S)COc1ccccc1NC(=O)c1ccncc1O. The number of aromatic nitrogens is 1. The van der Waals surface area contributed by atoms with E-state index in [4.69, 9.17) is 22.7 Å². The van der Waals surface area contributed by atoms with Crippen LogP contribution in [0.1, 0.15) is 10.4 Å². The molecule has 2 rings (SSSR count). The van der Waals surface area contributed by atoms with Crippen LogP contribution < -0.4 is 15.8 Å². The van der Waals surface area contributed by atoms with Crippen LogP contribution in [0.15, 0.2) is 42.7 Å². The predicted molar refractivity (Wildman–Crippen MR) is 82.6 cm³/mol. The quantitative estimate of drug-likeness (QED) is 0.727. The van der Waals surface area contributed by atoms with Crippen molar-refractivity contribution in [2.24, 2.45) is 5.73 Å². The molecule has 2 aromatic rings. The fraction of sp³-hybridized carbons (Fsp3) is 0.0714. The Hall–Kier alpha value is -2.67. The first-order valence-electron chi connectivity index (χ1n) is 6.02. The number of pyridine rings is 1. The number of carbonyl (C=O) groups excluding carboxylic acids is 1. The molecule has 0 bridgehead atoms. The number of aromatic hydroxyl groups is 1. The third-order valence-electron chi connectivity index (χ3n) is 2.55. The third kappa shape index (κ3) is 3.90. The van der Waals surface area contributed by atoms with Crippen molar-refractivity contribution in [3.63, 3.8) is 0 Å². The van der Waals surface area contributed by atoms with Gasteiger partial charge in [0, 0.05) is 6.20 Å². The van der Waals surface area contributed by atoms with Crippen LogP contribution in [0.25, 0.3) is 0 Å². The molecule has 4 N–H and O–H groups in total. The monoisotopic (exact) mass is 303 g/mol. The number of rotatable bonds is 5. The molecule has 0 spiro atoms. The van der Waals surface area contributed by atoms with Crippen molar-refractivity contribution in [3.8, 4) is 11.5 Å². The van der Waals surface area contributed by atoms with Crippen molar-refractivity contribution < 1.29 is 14.6 Å². The molecule has 0 saturated heterocycles. The average Bonchev–Trinajstić information content (AvgIpc) is 2.46. The van der Waals surface area contributed by atoms with E-state index < -0.39 is 5.91 Å². The average molecular weight is 303 g/mol. The summed E-state index contributed by atoms with van der Waals surface area (Å²) in [6.07, 6.45) is 2.62. The molecule has 0 fully saturated rings. The highest BCUT2D eigenvalue weighted by molar-refractivity contribution is 7.80. The highest BCUT2D eigenvalue weighted by Gasteiger charge is 2.13. The van der Waals surface area contributed by atoms with E-state index in [1.54, 1.807) is 24.3 Å². The standard InChI is InChI=1S/C14H13N3O3S/c15-13(21)8-20-12-4-2-1-3-10(12)17-14(19)9-5-6-16-7-11(9)18/h1-7,18H,8H2,(H2,15,21)(H,17,19). The molecule has 1 amide bonds. The summed E-state index contributed by atoms with van der Waals surface area (Å²) < 4.78 is 5.41. The van der Waals surface area contributed by atoms with Gasteiger partial charge in [0.05, 0.1) is 17.4 Å². The number of ether oxygens (including phenoxy) is 1. The number of amides is 1. The van der Waals surface area contributed by atoms with Gasteiger partial charge in [0.15, 0.2) is 0 Å². The maximum absolute atomic E-state index is 12.1. The minimum absolute atomic E-state index is 0.0721. The highest BCUT2D eigenvalue weighted by atomic mass is 32.1. The molecule has 0 unspecified atom stereocenters. The Morgan fingerprint density at radius 1 is 1.38 bits per heavy atom. The lowest BCUT2D eigenvalue weighted by atomic mass is 10.2. The topological polar surface area (TPSA) is 97.5 Å². The van der Waals surface area contributed by atoms with Crippen LogP contribution in [-0.4, -0.2) is 27.6 Å². The molecule has 108 valence electrons.